The topological polar surface area (TPSA) is 73.6 Å². The van der Waals surface area contributed by atoms with Crippen molar-refractivity contribution >= 4 is 6.09 Å². The van der Waals surface area contributed by atoms with Crippen LogP contribution in [0.3, 0.4) is 0 Å². The summed E-state index contributed by atoms with van der Waals surface area (Å²) in [5, 5.41) is 2.78. The zero-order valence-corrected chi connectivity index (χ0v) is 18.8. The Morgan fingerprint density at radius 2 is 1.21 bits per heavy atom. The van der Waals surface area contributed by atoms with Crippen molar-refractivity contribution in [2.75, 3.05) is 26.8 Å². The summed E-state index contributed by atoms with van der Waals surface area (Å²) in [6.45, 7) is 3.51. The van der Waals surface area contributed by atoms with Crippen molar-refractivity contribution in [2.24, 2.45) is 5.73 Å². The standard InChI is InChI=1S/C23H48N2O3/c1-3-4-5-6-7-8-9-10-11-12-13-14-15-16-17-18-19-25-23(26)28-21-22(20-24)27-2/h22H,3-21,24H2,1-2H3,(H,25,26). The van der Waals surface area contributed by atoms with Crippen molar-refractivity contribution in [3.05, 3.63) is 0 Å². The van der Waals surface area contributed by atoms with Crippen LogP contribution in [-0.2, 0) is 9.47 Å². The largest absolute Gasteiger partial charge is 0.447 e. The monoisotopic (exact) mass is 400 g/mol. The van der Waals surface area contributed by atoms with Crippen LogP contribution in [0.1, 0.15) is 110 Å². The van der Waals surface area contributed by atoms with Crippen molar-refractivity contribution in [3.63, 3.8) is 0 Å². The van der Waals surface area contributed by atoms with Crippen molar-refractivity contribution in [1.82, 2.24) is 5.32 Å². The molecule has 1 atom stereocenters. The predicted molar refractivity (Wildman–Crippen MR) is 119 cm³/mol. The zero-order valence-electron chi connectivity index (χ0n) is 18.8. The normalized spacial score (nSPS) is 12.1. The predicted octanol–water partition coefficient (Wildman–Crippen LogP) is 5.95. The first-order valence-corrected chi connectivity index (χ1v) is 11.9. The Labute approximate surface area is 174 Å². The number of amides is 1. The van der Waals surface area contributed by atoms with E-state index in [2.05, 4.69) is 12.2 Å². The number of rotatable bonds is 21. The van der Waals surface area contributed by atoms with Crippen LogP contribution in [0.5, 0.6) is 0 Å². The van der Waals surface area contributed by atoms with Gasteiger partial charge in [0.1, 0.15) is 12.7 Å². The van der Waals surface area contributed by atoms with Gasteiger partial charge in [0.15, 0.2) is 0 Å². The van der Waals surface area contributed by atoms with Gasteiger partial charge >= 0.3 is 6.09 Å². The number of hydrogen-bond donors (Lipinski definition) is 2. The molecule has 168 valence electrons. The lowest BCUT2D eigenvalue weighted by Crippen LogP contribution is -2.32. The molecule has 0 radical (unpaired) electrons. The molecule has 28 heavy (non-hydrogen) atoms. The summed E-state index contributed by atoms with van der Waals surface area (Å²) in [5.41, 5.74) is 5.48. The van der Waals surface area contributed by atoms with Crippen LogP contribution in [0.25, 0.3) is 0 Å². The van der Waals surface area contributed by atoms with Gasteiger partial charge in [0.2, 0.25) is 0 Å². The summed E-state index contributed by atoms with van der Waals surface area (Å²) in [6, 6.07) is 0. The van der Waals surface area contributed by atoms with Crippen LogP contribution in [0.4, 0.5) is 4.79 Å². The van der Waals surface area contributed by atoms with Crippen LogP contribution >= 0.6 is 0 Å². The lowest BCUT2D eigenvalue weighted by Gasteiger charge is -2.13. The quantitative estimate of drug-likeness (QED) is 0.234. The third-order valence-electron chi connectivity index (χ3n) is 5.30. The Hall–Kier alpha value is -0.810. The maximum atomic E-state index is 11.5. The Morgan fingerprint density at radius 3 is 1.61 bits per heavy atom. The Balaban J connectivity index is 3.16. The van der Waals surface area contributed by atoms with Gasteiger partial charge in [-0.3, -0.25) is 0 Å². The number of ether oxygens (including phenoxy) is 2. The molecule has 0 rings (SSSR count). The molecular weight excluding hydrogens is 352 g/mol. The van der Waals surface area contributed by atoms with Crippen molar-refractivity contribution in [3.8, 4) is 0 Å². The number of hydrogen-bond acceptors (Lipinski definition) is 4. The van der Waals surface area contributed by atoms with E-state index < -0.39 is 0 Å². The zero-order chi connectivity index (χ0) is 20.7. The molecule has 0 spiro atoms. The van der Waals surface area contributed by atoms with Gasteiger partial charge in [0.05, 0.1) is 0 Å². The number of nitrogens with one attached hydrogen (secondary N) is 1. The molecule has 5 nitrogen and oxygen atoms in total. The number of methoxy groups -OCH3 is 1. The first-order chi connectivity index (χ1) is 13.7. The van der Waals surface area contributed by atoms with E-state index in [1.165, 1.54) is 96.3 Å². The SMILES string of the molecule is CCCCCCCCCCCCCCCCCCNC(=O)OCC(CN)OC. The molecule has 0 saturated carbocycles. The smallest absolute Gasteiger partial charge is 0.407 e. The average Bonchev–Trinajstić information content (AvgIpc) is 2.71. The van der Waals surface area contributed by atoms with E-state index in [1.54, 1.807) is 7.11 Å². The fourth-order valence-corrected chi connectivity index (χ4v) is 3.32. The molecule has 0 aliphatic heterocycles. The molecule has 3 N–H and O–H groups in total. The number of carbonyl (C=O) groups is 1. The number of nitrogens with two attached hydrogens (primary N) is 1. The minimum Gasteiger partial charge on any atom is -0.447 e. The Kier molecular flexibility index (Phi) is 21.8. The first kappa shape index (κ1) is 27.2. The van der Waals surface area contributed by atoms with E-state index in [9.17, 15) is 4.79 Å². The highest BCUT2D eigenvalue weighted by Gasteiger charge is 2.08. The van der Waals surface area contributed by atoms with Crippen molar-refractivity contribution in [2.45, 2.75) is 116 Å². The summed E-state index contributed by atoms with van der Waals surface area (Å²) in [6.07, 6.45) is 21.0. The fraction of sp³-hybridized carbons (Fsp3) is 0.957. The van der Waals surface area contributed by atoms with Crippen molar-refractivity contribution in [1.29, 1.82) is 0 Å². The highest BCUT2D eigenvalue weighted by molar-refractivity contribution is 5.67. The highest BCUT2D eigenvalue weighted by atomic mass is 16.6. The van der Waals surface area contributed by atoms with Gasteiger partial charge in [0.25, 0.3) is 0 Å². The summed E-state index contributed by atoms with van der Waals surface area (Å²) in [7, 11) is 1.56. The molecule has 0 aliphatic rings. The van der Waals surface area contributed by atoms with Gasteiger partial charge in [0, 0.05) is 20.2 Å². The maximum Gasteiger partial charge on any atom is 0.407 e. The second kappa shape index (κ2) is 22.5. The van der Waals surface area contributed by atoms with Gasteiger partial charge in [-0.2, -0.15) is 0 Å². The molecule has 0 aromatic heterocycles. The maximum absolute atomic E-state index is 11.5. The highest BCUT2D eigenvalue weighted by Crippen LogP contribution is 2.13. The molecule has 1 amide bonds. The molecule has 5 heteroatoms. The molecular formula is C23H48N2O3. The van der Waals surface area contributed by atoms with E-state index in [0.29, 0.717) is 13.1 Å². The number of unbranched alkanes of at least 4 members (excludes halogenated alkanes) is 15. The molecule has 1 unspecified atom stereocenters. The summed E-state index contributed by atoms with van der Waals surface area (Å²) < 4.78 is 10.1. The third-order valence-corrected chi connectivity index (χ3v) is 5.30. The van der Waals surface area contributed by atoms with Crippen LogP contribution in [0, 0.1) is 0 Å². The number of carbonyl (C=O) groups excluding carboxylic acids is 1. The Morgan fingerprint density at radius 1 is 0.786 bits per heavy atom. The average molecular weight is 401 g/mol. The molecule has 0 bridgehead atoms. The minimum absolute atomic E-state index is 0.206. The van der Waals surface area contributed by atoms with Gasteiger partial charge < -0.3 is 20.5 Å². The minimum atomic E-state index is -0.378. The van der Waals surface area contributed by atoms with E-state index in [4.69, 9.17) is 15.2 Å². The third kappa shape index (κ3) is 19.9. The van der Waals surface area contributed by atoms with Crippen LogP contribution in [0.2, 0.25) is 0 Å². The van der Waals surface area contributed by atoms with Gasteiger partial charge in [-0.25, -0.2) is 4.79 Å². The molecule has 0 saturated heterocycles. The second-order valence-electron chi connectivity index (χ2n) is 7.92. The molecule has 0 aliphatic carbocycles. The first-order valence-electron chi connectivity index (χ1n) is 11.9. The lowest BCUT2D eigenvalue weighted by molar-refractivity contribution is 0.0404. The van der Waals surface area contributed by atoms with Crippen LogP contribution in [-0.4, -0.2) is 39.0 Å². The van der Waals surface area contributed by atoms with Crippen molar-refractivity contribution < 1.29 is 14.3 Å². The van der Waals surface area contributed by atoms with E-state index in [-0.39, 0.29) is 18.8 Å². The second-order valence-corrected chi connectivity index (χ2v) is 7.92. The van der Waals surface area contributed by atoms with E-state index >= 15 is 0 Å². The Bertz CT molecular complexity index is 323. The molecule has 0 heterocycles. The molecule has 0 aromatic rings. The van der Waals surface area contributed by atoms with E-state index in [0.717, 1.165) is 6.42 Å². The fourth-order valence-electron chi connectivity index (χ4n) is 3.32. The van der Waals surface area contributed by atoms with Crippen LogP contribution < -0.4 is 11.1 Å². The summed E-state index contributed by atoms with van der Waals surface area (Å²) >= 11 is 0. The van der Waals surface area contributed by atoms with Gasteiger partial charge in [-0.1, -0.05) is 103 Å². The molecule has 0 aromatic carbocycles. The lowest BCUT2D eigenvalue weighted by atomic mass is 10.0. The van der Waals surface area contributed by atoms with Gasteiger partial charge in [-0.15, -0.1) is 0 Å². The number of alkyl carbamates (subject to hydrolysis) is 1. The van der Waals surface area contributed by atoms with Crippen LogP contribution in [0.15, 0.2) is 0 Å². The van der Waals surface area contributed by atoms with E-state index in [1.807, 2.05) is 0 Å². The summed E-state index contributed by atoms with van der Waals surface area (Å²) in [5.74, 6) is 0. The summed E-state index contributed by atoms with van der Waals surface area (Å²) in [4.78, 5) is 11.5. The van der Waals surface area contributed by atoms with Gasteiger partial charge in [-0.05, 0) is 6.42 Å². The molecule has 0 fully saturated rings.